The third kappa shape index (κ3) is 4.79. The number of unbranched alkanes of at least 4 members (excludes halogenated alkanes) is 3. The van der Waals surface area contributed by atoms with E-state index < -0.39 is 0 Å². The Balaban J connectivity index is 2.37. The first kappa shape index (κ1) is 15.2. The first-order valence-electron chi connectivity index (χ1n) is 7.41. The summed E-state index contributed by atoms with van der Waals surface area (Å²) in [4.78, 5) is 23.4. The van der Waals surface area contributed by atoms with Crippen LogP contribution in [-0.2, 0) is 14.3 Å². The predicted molar refractivity (Wildman–Crippen MR) is 71.3 cm³/mol. The van der Waals surface area contributed by atoms with Crippen LogP contribution >= 0.6 is 0 Å². The van der Waals surface area contributed by atoms with Crippen LogP contribution in [-0.4, -0.2) is 17.9 Å². The number of hydrogen-bond donors (Lipinski definition) is 0. The normalized spacial score (nSPS) is 23.3. The Morgan fingerprint density at radius 2 is 1.94 bits per heavy atom. The molecule has 1 aliphatic rings. The van der Waals surface area contributed by atoms with Crippen LogP contribution in [0.2, 0.25) is 0 Å². The molecule has 2 atom stereocenters. The van der Waals surface area contributed by atoms with Gasteiger partial charge in [0.25, 0.3) is 0 Å². The summed E-state index contributed by atoms with van der Waals surface area (Å²) in [6, 6.07) is 0. The minimum absolute atomic E-state index is 0.0258. The Labute approximate surface area is 110 Å². The summed E-state index contributed by atoms with van der Waals surface area (Å²) in [7, 11) is 0. The van der Waals surface area contributed by atoms with Crippen LogP contribution in [0.5, 0.6) is 0 Å². The Morgan fingerprint density at radius 3 is 2.61 bits per heavy atom. The lowest BCUT2D eigenvalue weighted by molar-refractivity contribution is -0.151. The number of ketones is 1. The smallest absolute Gasteiger partial charge is 0.306 e. The number of carbonyl (C=O) groups is 2. The number of rotatable bonds is 8. The second-order valence-corrected chi connectivity index (χ2v) is 5.24. The van der Waals surface area contributed by atoms with Crippen LogP contribution in [0.4, 0.5) is 0 Å². The van der Waals surface area contributed by atoms with Crippen molar-refractivity contribution in [1.82, 2.24) is 0 Å². The highest BCUT2D eigenvalue weighted by atomic mass is 16.5. The SMILES string of the molecule is CCCCCC1C(=O)CCC1OC(=O)CCCC. The average molecular weight is 254 g/mol. The Bertz CT molecular complexity index is 273. The van der Waals surface area contributed by atoms with Crippen LogP contribution in [0, 0.1) is 5.92 Å². The molecule has 0 aromatic heterocycles. The minimum Gasteiger partial charge on any atom is -0.462 e. The third-order valence-corrected chi connectivity index (χ3v) is 3.67. The molecule has 1 fully saturated rings. The number of carbonyl (C=O) groups excluding carboxylic acids is 2. The van der Waals surface area contributed by atoms with Crippen molar-refractivity contribution >= 4 is 11.8 Å². The Kier molecular flexibility index (Phi) is 6.99. The molecule has 104 valence electrons. The number of Topliss-reactive ketones (excluding diaryl/α,β-unsaturated/α-hetero) is 1. The molecule has 0 aliphatic heterocycles. The maximum Gasteiger partial charge on any atom is 0.306 e. The molecular weight excluding hydrogens is 228 g/mol. The molecule has 1 rings (SSSR count). The fourth-order valence-corrected chi connectivity index (χ4v) is 2.53. The Morgan fingerprint density at radius 1 is 1.22 bits per heavy atom. The van der Waals surface area contributed by atoms with Gasteiger partial charge in [-0.05, 0) is 19.3 Å². The van der Waals surface area contributed by atoms with Crippen LogP contribution in [0.15, 0.2) is 0 Å². The van der Waals surface area contributed by atoms with Gasteiger partial charge in [-0.1, -0.05) is 39.5 Å². The van der Waals surface area contributed by atoms with E-state index >= 15 is 0 Å². The van der Waals surface area contributed by atoms with Crippen LogP contribution < -0.4 is 0 Å². The van der Waals surface area contributed by atoms with E-state index in [0.29, 0.717) is 18.6 Å². The van der Waals surface area contributed by atoms with Crippen molar-refractivity contribution in [2.75, 3.05) is 0 Å². The van der Waals surface area contributed by atoms with E-state index in [1.165, 1.54) is 0 Å². The summed E-state index contributed by atoms with van der Waals surface area (Å²) in [6.45, 7) is 4.21. The zero-order valence-corrected chi connectivity index (χ0v) is 11.7. The molecule has 0 aromatic rings. The van der Waals surface area contributed by atoms with Crippen molar-refractivity contribution in [3.05, 3.63) is 0 Å². The predicted octanol–water partition coefficient (Wildman–Crippen LogP) is 3.65. The molecule has 0 aromatic carbocycles. The van der Waals surface area contributed by atoms with Gasteiger partial charge in [-0.15, -0.1) is 0 Å². The number of ether oxygens (including phenoxy) is 1. The molecule has 1 saturated carbocycles. The van der Waals surface area contributed by atoms with E-state index in [1.807, 2.05) is 0 Å². The molecule has 1 aliphatic carbocycles. The molecule has 0 N–H and O–H groups in total. The summed E-state index contributed by atoms with van der Waals surface area (Å²) >= 11 is 0. The summed E-state index contributed by atoms with van der Waals surface area (Å²) in [6.07, 6.45) is 7.80. The second-order valence-electron chi connectivity index (χ2n) is 5.24. The Hall–Kier alpha value is -0.860. The van der Waals surface area contributed by atoms with Crippen molar-refractivity contribution in [3.63, 3.8) is 0 Å². The van der Waals surface area contributed by atoms with Gasteiger partial charge in [-0.3, -0.25) is 9.59 Å². The fourth-order valence-electron chi connectivity index (χ4n) is 2.53. The summed E-state index contributed by atoms with van der Waals surface area (Å²) in [5, 5.41) is 0. The van der Waals surface area contributed by atoms with Gasteiger partial charge in [-0.25, -0.2) is 0 Å². The summed E-state index contributed by atoms with van der Waals surface area (Å²) in [5.74, 6) is 0.138. The first-order valence-corrected chi connectivity index (χ1v) is 7.41. The minimum atomic E-state index is -0.140. The van der Waals surface area contributed by atoms with Crippen LogP contribution in [0.1, 0.15) is 71.6 Å². The molecule has 0 amide bonds. The molecule has 0 saturated heterocycles. The summed E-state index contributed by atoms with van der Waals surface area (Å²) in [5.41, 5.74) is 0. The molecule has 0 radical (unpaired) electrons. The van der Waals surface area contributed by atoms with Gasteiger partial charge in [-0.2, -0.15) is 0 Å². The number of esters is 1. The van der Waals surface area contributed by atoms with E-state index in [2.05, 4.69) is 13.8 Å². The average Bonchev–Trinajstić information content (AvgIpc) is 2.69. The van der Waals surface area contributed by atoms with Gasteiger partial charge < -0.3 is 4.74 Å². The van der Waals surface area contributed by atoms with E-state index in [-0.39, 0.29) is 18.0 Å². The molecule has 3 heteroatoms. The van der Waals surface area contributed by atoms with Crippen molar-refractivity contribution < 1.29 is 14.3 Å². The highest BCUT2D eigenvalue weighted by molar-refractivity contribution is 5.84. The zero-order chi connectivity index (χ0) is 13.4. The molecule has 0 bridgehead atoms. The quantitative estimate of drug-likeness (QED) is 0.490. The van der Waals surface area contributed by atoms with E-state index in [9.17, 15) is 9.59 Å². The third-order valence-electron chi connectivity index (χ3n) is 3.67. The van der Waals surface area contributed by atoms with Gasteiger partial charge in [0, 0.05) is 12.8 Å². The first-order chi connectivity index (χ1) is 8.69. The van der Waals surface area contributed by atoms with Crippen LogP contribution in [0.25, 0.3) is 0 Å². The largest absolute Gasteiger partial charge is 0.462 e. The van der Waals surface area contributed by atoms with E-state index in [1.54, 1.807) is 0 Å². The number of hydrogen-bond acceptors (Lipinski definition) is 3. The van der Waals surface area contributed by atoms with Crippen molar-refractivity contribution in [1.29, 1.82) is 0 Å². The highest BCUT2D eigenvalue weighted by Gasteiger charge is 2.36. The lowest BCUT2D eigenvalue weighted by Crippen LogP contribution is -2.25. The zero-order valence-electron chi connectivity index (χ0n) is 11.7. The lowest BCUT2D eigenvalue weighted by atomic mass is 9.97. The summed E-state index contributed by atoms with van der Waals surface area (Å²) < 4.78 is 5.47. The molecular formula is C15H26O3. The van der Waals surface area contributed by atoms with Gasteiger partial charge in [0.1, 0.15) is 11.9 Å². The van der Waals surface area contributed by atoms with Gasteiger partial charge >= 0.3 is 5.97 Å². The van der Waals surface area contributed by atoms with Crippen molar-refractivity contribution in [2.24, 2.45) is 5.92 Å². The van der Waals surface area contributed by atoms with Gasteiger partial charge in [0.2, 0.25) is 0 Å². The van der Waals surface area contributed by atoms with Crippen molar-refractivity contribution in [2.45, 2.75) is 77.7 Å². The monoisotopic (exact) mass is 254 g/mol. The van der Waals surface area contributed by atoms with Crippen molar-refractivity contribution in [3.8, 4) is 0 Å². The maximum absolute atomic E-state index is 11.8. The molecule has 0 heterocycles. The van der Waals surface area contributed by atoms with Gasteiger partial charge in [0.05, 0.1) is 5.92 Å². The topological polar surface area (TPSA) is 43.4 Å². The molecule has 18 heavy (non-hydrogen) atoms. The van der Waals surface area contributed by atoms with E-state index in [0.717, 1.165) is 44.9 Å². The maximum atomic E-state index is 11.8. The highest BCUT2D eigenvalue weighted by Crippen LogP contribution is 2.30. The molecule has 2 unspecified atom stereocenters. The molecule has 3 nitrogen and oxygen atoms in total. The second kappa shape index (κ2) is 8.28. The lowest BCUT2D eigenvalue weighted by Gasteiger charge is -2.18. The fraction of sp³-hybridized carbons (Fsp3) is 0.867. The van der Waals surface area contributed by atoms with Crippen LogP contribution in [0.3, 0.4) is 0 Å². The van der Waals surface area contributed by atoms with E-state index in [4.69, 9.17) is 4.74 Å². The molecule has 0 spiro atoms. The standard InChI is InChI=1S/C15H26O3/c1-3-5-7-8-12-13(16)10-11-14(12)18-15(17)9-6-4-2/h12,14H,3-11H2,1-2H3. The van der Waals surface area contributed by atoms with Gasteiger partial charge in [0.15, 0.2) is 0 Å².